The number of hydrogen-bond donors (Lipinski definition) is 1. The molecule has 0 fully saturated rings. The molecule has 2 heterocycles. The number of nitrogens with one attached hydrogen (secondary N) is 1. The third-order valence-corrected chi connectivity index (χ3v) is 6.00. The molecule has 3 rings (SSSR count). The average Bonchev–Trinajstić information content (AvgIpc) is 3.11. The van der Waals surface area contributed by atoms with Crippen LogP contribution in [0.5, 0.6) is 5.75 Å². The van der Waals surface area contributed by atoms with Crippen molar-refractivity contribution in [3.8, 4) is 11.8 Å². The molecule has 1 aromatic carbocycles. The van der Waals surface area contributed by atoms with Gasteiger partial charge >= 0.3 is 5.97 Å². The normalized spacial score (nSPS) is 10.5. The molecule has 0 unspecified atom stereocenters. The van der Waals surface area contributed by atoms with E-state index in [1.807, 2.05) is 6.07 Å². The fourth-order valence-corrected chi connectivity index (χ4v) is 4.21. The average molecular weight is 443 g/mol. The first-order valence-corrected chi connectivity index (χ1v) is 10.7. The summed E-state index contributed by atoms with van der Waals surface area (Å²) in [5.74, 6) is -0.0906. The van der Waals surface area contributed by atoms with Crippen molar-refractivity contribution in [2.24, 2.45) is 0 Å². The summed E-state index contributed by atoms with van der Waals surface area (Å²) < 4.78 is 10.2. The molecule has 0 atom stereocenters. The van der Waals surface area contributed by atoms with Crippen LogP contribution in [0.25, 0.3) is 10.9 Å². The van der Waals surface area contributed by atoms with Crippen molar-refractivity contribution in [3.63, 3.8) is 0 Å². The second-order valence-electron chi connectivity index (χ2n) is 6.00. The molecule has 8 nitrogen and oxygen atoms in total. The number of thiazole rings is 1. The largest absolute Gasteiger partial charge is 0.497 e. The van der Waals surface area contributed by atoms with Crippen molar-refractivity contribution in [3.05, 3.63) is 40.4 Å². The highest BCUT2D eigenvalue weighted by molar-refractivity contribution is 8.00. The van der Waals surface area contributed by atoms with Crippen LogP contribution in [0, 0.1) is 18.3 Å². The number of methoxy groups -OCH3 is 1. The van der Waals surface area contributed by atoms with Crippen LogP contribution < -0.4 is 10.1 Å². The minimum atomic E-state index is -0.461. The van der Waals surface area contributed by atoms with Crippen LogP contribution in [-0.2, 0) is 9.53 Å². The third kappa shape index (κ3) is 4.87. The number of amides is 1. The molecule has 154 valence electrons. The monoisotopic (exact) mass is 442 g/mol. The Hall–Kier alpha value is -3.16. The molecule has 1 N–H and O–H groups in total. The first-order chi connectivity index (χ1) is 14.4. The number of aryl methyl sites for hydroxylation is 1. The van der Waals surface area contributed by atoms with Gasteiger partial charge in [-0.05, 0) is 32.0 Å². The van der Waals surface area contributed by atoms with E-state index in [0.717, 1.165) is 28.5 Å². The SMILES string of the molecule is CCOC(=O)c1sc(NC(=O)CSc2nc3cc(OC)ccc3cc2C#N)nc1C. The lowest BCUT2D eigenvalue weighted by Crippen LogP contribution is -2.14. The molecule has 0 bridgehead atoms. The summed E-state index contributed by atoms with van der Waals surface area (Å²) in [5, 5.41) is 13.7. The predicted molar refractivity (Wildman–Crippen MR) is 115 cm³/mol. The van der Waals surface area contributed by atoms with Crippen molar-refractivity contribution < 1.29 is 19.1 Å². The number of pyridine rings is 1. The molecule has 0 spiro atoms. The van der Waals surface area contributed by atoms with Gasteiger partial charge in [0.1, 0.15) is 21.7 Å². The number of anilines is 1. The van der Waals surface area contributed by atoms with E-state index >= 15 is 0 Å². The fraction of sp³-hybridized carbons (Fsp3) is 0.250. The van der Waals surface area contributed by atoms with Gasteiger partial charge in [0, 0.05) is 11.5 Å². The van der Waals surface area contributed by atoms with E-state index in [-0.39, 0.29) is 18.3 Å². The van der Waals surface area contributed by atoms with E-state index < -0.39 is 5.97 Å². The molecule has 1 amide bonds. The maximum atomic E-state index is 12.4. The number of ether oxygens (including phenoxy) is 2. The fourth-order valence-electron chi connectivity index (χ4n) is 2.57. The van der Waals surface area contributed by atoms with Crippen molar-refractivity contribution in [1.29, 1.82) is 5.26 Å². The van der Waals surface area contributed by atoms with Gasteiger partial charge in [-0.1, -0.05) is 23.1 Å². The maximum absolute atomic E-state index is 12.4. The highest BCUT2D eigenvalue weighted by Crippen LogP contribution is 2.28. The van der Waals surface area contributed by atoms with Gasteiger partial charge in [-0.15, -0.1) is 0 Å². The summed E-state index contributed by atoms with van der Waals surface area (Å²) in [6.45, 7) is 3.67. The highest BCUT2D eigenvalue weighted by atomic mass is 32.2. The Morgan fingerprint density at radius 3 is 2.80 bits per heavy atom. The van der Waals surface area contributed by atoms with Crippen LogP contribution in [-0.4, -0.2) is 41.3 Å². The minimum absolute atomic E-state index is 0.0323. The van der Waals surface area contributed by atoms with Gasteiger partial charge in [0.15, 0.2) is 5.13 Å². The van der Waals surface area contributed by atoms with Crippen molar-refractivity contribution in [2.45, 2.75) is 18.9 Å². The van der Waals surface area contributed by atoms with Crippen LogP contribution in [0.2, 0.25) is 0 Å². The van der Waals surface area contributed by atoms with Crippen LogP contribution in [0.15, 0.2) is 29.3 Å². The number of benzene rings is 1. The highest BCUT2D eigenvalue weighted by Gasteiger charge is 2.18. The van der Waals surface area contributed by atoms with Crippen molar-refractivity contribution in [1.82, 2.24) is 9.97 Å². The topological polar surface area (TPSA) is 114 Å². The minimum Gasteiger partial charge on any atom is -0.497 e. The molecule has 3 aromatic rings. The first kappa shape index (κ1) is 21.5. The van der Waals surface area contributed by atoms with E-state index in [0.29, 0.717) is 37.6 Å². The summed E-state index contributed by atoms with van der Waals surface area (Å²) in [5.41, 5.74) is 1.56. The van der Waals surface area contributed by atoms with Gasteiger partial charge in [0.25, 0.3) is 0 Å². The van der Waals surface area contributed by atoms with Gasteiger partial charge in [-0.3, -0.25) is 4.79 Å². The molecule has 0 radical (unpaired) electrons. The molecule has 2 aromatic heterocycles. The van der Waals surface area contributed by atoms with Crippen LogP contribution in [0.1, 0.15) is 27.9 Å². The summed E-state index contributed by atoms with van der Waals surface area (Å²) in [4.78, 5) is 33.3. The molecular formula is C20H18N4O4S2. The Bertz CT molecular complexity index is 1150. The smallest absolute Gasteiger partial charge is 0.350 e. The Kier molecular flexibility index (Phi) is 6.87. The van der Waals surface area contributed by atoms with E-state index in [9.17, 15) is 14.9 Å². The Morgan fingerprint density at radius 1 is 1.30 bits per heavy atom. The summed E-state index contributed by atoms with van der Waals surface area (Å²) in [7, 11) is 1.57. The van der Waals surface area contributed by atoms with Gasteiger partial charge in [-0.2, -0.15) is 5.26 Å². The number of nitrogens with zero attached hydrogens (tertiary/aromatic N) is 3. The van der Waals surface area contributed by atoms with Crippen LogP contribution in [0.4, 0.5) is 5.13 Å². The number of thioether (sulfide) groups is 1. The molecule has 0 aliphatic rings. The number of fused-ring (bicyclic) bond motifs is 1. The van der Waals surface area contributed by atoms with Gasteiger partial charge in [0.05, 0.1) is 36.2 Å². The Labute approximate surface area is 181 Å². The lowest BCUT2D eigenvalue weighted by Gasteiger charge is -2.07. The number of hydrogen-bond acceptors (Lipinski definition) is 9. The molecule has 0 saturated heterocycles. The Balaban J connectivity index is 1.71. The maximum Gasteiger partial charge on any atom is 0.350 e. The van der Waals surface area contributed by atoms with Crippen LogP contribution in [0.3, 0.4) is 0 Å². The lowest BCUT2D eigenvalue weighted by atomic mass is 10.1. The molecular weight excluding hydrogens is 424 g/mol. The number of rotatable bonds is 7. The third-order valence-electron chi connectivity index (χ3n) is 3.95. The molecule has 30 heavy (non-hydrogen) atoms. The second-order valence-corrected chi connectivity index (χ2v) is 7.97. The zero-order valence-electron chi connectivity index (χ0n) is 16.5. The number of carbonyl (C=O) groups is 2. The van der Waals surface area contributed by atoms with E-state index in [1.54, 1.807) is 39.2 Å². The van der Waals surface area contributed by atoms with Crippen molar-refractivity contribution in [2.75, 3.05) is 24.8 Å². The summed E-state index contributed by atoms with van der Waals surface area (Å²) in [6, 6.07) is 9.25. The second kappa shape index (κ2) is 9.56. The van der Waals surface area contributed by atoms with Gasteiger partial charge in [-0.25, -0.2) is 14.8 Å². The summed E-state index contributed by atoms with van der Waals surface area (Å²) >= 11 is 2.21. The standard InChI is InChI=1S/C20H18N4O4S2/c1-4-28-19(26)17-11(2)22-20(30-17)24-16(25)10-29-18-13(9-21)7-12-5-6-14(27-3)8-15(12)23-18/h5-8H,4,10H2,1-3H3,(H,22,24,25). The lowest BCUT2D eigenvalue weighted by molar-refractivity contribution is -0.113. The number of nitriles is 1. The molecule has 0 aliphatic carbocycles. The zero-order valence-corrected chi connectivity index (χ0v) is 18.1. The van der Waals surface area contributed by atoms with Gasteiger partial charge < -0.3 is 14.8 Å². The van der Waals surface area contributed by atoms with E-state index in [4.69, 9.17) is 9.47 Å². The van der Waals surface area contributed by atoms with Gasteiger partial charge in [0.2, 0.25) is 5.91 Å². The van der Waals surface area contributed by atoms with Crippen LogP contribution >= 0.6 is 23.1 Å². The van der Waals surface area contributed by atoms with E-state index in [1.165, 1.54) is 0 Å². The number of carbonyl (C=O) groups excluding carboxylic acids is 2. The summed E-state index contributed by atoms with van der Waals surface area (Å²) in [6.07, 6.45) is 0. The molecule has 0 aliphatic heterocycles. The molecule has 0 saturated carbocycles. The Morgan fingerprint density at radius 2 is 2.10 bits per heavy atom. The zero-order chi connectivity index (χ0) is 21.7. The number of aromatic nitrogens is 2. The van der Waals surface area contributed by atoms with E-state index in [2.05, 4.69) is 21.4 Å². The van der Waals surface area contributed by atoms with Crippen molar-refractivity contribution >= 4 is 51.0 Å². The quantitative estimate of drug-likeness (QED) is 0.434. The molecule has 10 heteroatoms. The first-order valence-electron chi connectivity index (χ1n) is 8.91. The number of esters is 1. The predicted octanol–water partition coefficient (Wildman–Crippen LogP) is 3.79.